The maximum Gasteiger partial charge on any atom is 0.341 e. The highest BCUT2D eigenvalue weighted by Gasteiger charge is 2.34. The summed E-state index contributed by atoms with van der Waals surface area (Å²) < 4.78 is 7.29. The predicted octanol–water partition coefficient (Wildman–Crippen LogP) is 5.34. The van der Waals surface area contributed by atoms with Gasteiger partial charge in [0.15, 0.2) is 17.2 Å². The van der Waals surface area contributed by atoms with E-state index in [1.165, 1.54) is 10.9 Å². The van der Waals surface area contributed by atoms with Crippen LogP contribution in [0.15, 0.2) is 53.3 Å². The van der Waals surface area contributed by atoms with Crippen LogP contribution in [0.1, 0.15) is 56.8 Å². The van der Waals surface area contributed by atoms with Crippen molar-refractivity contribution in [3.63, 3.8) is 0 Å². The highest BCUT2D eigenvalue weighted by Crippen LogP contribution is 2.33. The predicted molar refractivity (Wildman–Crippen MR) is 135 cm³/mol. The van der Waals surface area contributed by atoms with Crippen molar-refractivity contribution >= 4 is 28.8 Å². The summed E-state index contributed by atoms with van der Waals surface area (Å²) in [6.45, 7) is 5.97. The van der Waals surface area contributed by atoms with Crippen molar-refractivity contribution in [3.05, 3.63) is 54.5 Å². The molecule has 0 bridgehead atoms. The van der Waals surface area contributed by atoms with Crippen molar-refractivity contribution in [1.82, 2.24) is 19.7 Å². The molecule has 0 saturated heterocycles. The monoisotopic (exact) mass is 487 g/mol. The van der Waals surface area contributed by atoms with Gasteiger partial charge in [0.05, 0.1) is 11.9 Å². The van der Waals surface area contributed by atoms with Crippen molar-refractivity contribution < 1.29 is 19.1 Å². The summed E-state index contributed by atoms with van der Waals surface area (Å²) >= 11 is 0. The van der Waals surface area contributed by atoms with Gasteiger partial charge in [-0.25, -0.2) is 9.48 Å². The van der Waals surface area contributed by atoms with Crippen LogP contribution in [0.5, 0.6) is 0 Å². The Morgan fingerprint density at radius 2 is 1.92 bits per heavy atom. The smallest absolute Gasteiger partial charge is 0.341 e. The normalized spacial score (nSPS) is 18.0. The lowest BCUT2D eigenvalue weighted by atomic mass is 9.82. The fourth-order valence-electron chi connectivity index (χ4n) is 4.80. The molecular formula is C27H29N5O4. The van der Waals surface area contributed by atoms with E-state index in [0.717, 1.165) is 31.2 Å². The quantitative estimate of drug-likeness (QED) is 0.390. The van der Waals surface area contributed by atoms with Gasteiger partial charge in [-0.2, -0.15) is 0 Å². The van der Waals surface area contributed by atoms with Gasteiger partial charge in [-0.3, -0.25) is 19.7 Å². The Kier molecular flexibility index (Phi) is 6.30. The molecule has 186 valence electrons. The van der Waals surface area contributed by atoms with Crippen LogP contribution in [-0.2, 0) is 4.79 Å². The third-order valence-corrected chi connectivity index (χ3v) is 6.82. The molecule has 36 heavy (non-hydrogen) atoms. The summed E-state index contributed by atoms with van der Waals surface area (Å²) in [6.07, 6.45) is 8.37. The summed E-state index contributed by atoms with van der Waals surface area (Å²) in [4.78, 5) is 35.9. The van der Waals surface area contributed by atoms with E-state index in [1.807, 2.05) is 26.0 Å². The molecule has 0 radical (unpaired) electrons. The molecule has 0 atom stereocenters. The lowest BCUT2D eigenvalue weighted by Crippen LogP contribution is -2.43. The van der Waals surface area contributed by atoms with Crippen LogP contribution in [-0.4, -0.2) is 42.8 Å². The average molecular weight is 488 g/mol. The number of carboxylic acid groups (broad SMARTS) is 1. The molecule has 0 spiro atoms. The van der Waals surface area contributed by atoms with Crippen molar-refractivity contribution in [2.45, 2.75) is 52.5 Å². The van der Waals surface area contributed by atoms with E-state index in [1.54, 1.807) is 35.5 Å². The first-order valence-corrected chi connectivity index (χ1v) is 12.3. The average Bonchev–Trinajstić information content (AvgIpc) is 3.49. The lowest BCUT2D eigenvalue weighted by Gasteiger charge is -2.32. The van der Waals surface area contributed by atoms with Crippen LogP contribution < -0.4 is 4.90 Å². The first kappa shape index (κ1) is 23.7. The molecule has 1 N–H and O–H groups in total. The molecule has 1 aliphatic rings. The minimum absolute atomic E-state index is 0.0198. The Labute approximate surface area is 208 Å². The fraction of sp³-hybridized carbons (Fsp3) is 0.370. The van der Waals surface area contributed by atoms with Crippen molar-refractivity contribution in [1.29, 1.82) is 0 Å². The van der Waals surface area contributed by atoms with E-state index in [2.05, 4.69) is 22.0 Å². The third-order valence-electron chi connectivity index (χ3n) is 6.82. The molecule has 0 aliphatic heterocycles. The maximum absolute atomic E-state index is 13.5. The number of rotatable bonds is 6. The number of carbonyl (C=O) groups excluding carboxylic acids is 1. The van der Waals surface area contributed by atoms with E-state index in [4.69, 9.17) is 4.42 Å². The molecule has 1 amide bonds. The van der Waals surface area contributed by atoms with E-state index < -0.39 is 5.97 Å². The van der Waals surface area contributed by atoms with Crippen LogP contribution in [0.2, 0.25) is 0 Å². The van der Waals surface area contributed by atoms with Crippen molar-refractivity contribution in [3.8, 4) is 17.1 Å². The number of carboxylic acids is 1. The maximum atomic E-state index is 13.5. The van der Waals surface area contributed by atoms with Crippen molar-refractivity contribution in [2.24, 2.45) is 11.8 Å². The number of furan rings is 1. The largest absolute Gasteiger partial charge is 0.477 e. The van der Waals surface area contributed by atoms with E-state index in [9.17, 15) is 14.7 Å². The number of aromatic carboxylic acids is 1. The second-order valence-corrected chi connectivity index (χ2v) is 9.77. The molecule has 5 rings (SSSR count). The summed E-state index contributed by atoms with van der Waals surface area (Å²) in [5, 5.41) is 14.5. The number of carbonyl (C=O) groups is 2. The zero-order chi connectivity index (χ0) is 25.4. The zero-order valence-corrected chi connectivity index (χ0v) is 20.6. The van der Waals surface area contributed by atoms with Gasteiger partial charge in [0, 0.05) is 30.4 Å². The lowest BCUT2D eigenvalue weighted by molar-refractivity contribution is -0.124. The zero-order valence-electron chi connectivity index (χ0n) is 20.6. The van der Waals surface area contributed by atoms with Gasteiger partial charge in [0.1, 0.15) is 16.8 Å². The van der Waals surface area contributed by atoms with Crippen LogP contribution in [0.25, 0.3) is 28.2 Å². The number of fused-ring (bicyclic) bond motifs is 1. The first-order valence-electron chi connectivity index (χ1n) is 12.3. The summed E-state index contributed by atoms with van der Waals surface area (Å²) in [6, 6.07) is 8.80. The van der Waals surface area contributed by atoms with E-state index in [0.29, 0.717) is 28.6 Å². The molecule has 1 fully saturated rings. The Morgan fingerprint density at radius 3 is 2.56 bits per heavy atom. The van der Waals surface area contributed by atoms with Gasteiger partial charge in [-0.15, -0.1) is 5.10 Å². The standard InChI is InChI=1S/C27H29N5O4/c1-16(2)32(26(33)18-8-6-17(3)7-9-18)25-20(27(34)35)15-31(30-25)19-10-11-21(29-14-19)24-13-22-23(36-24)5-4-12-28-22/h4-5,10-18H,6-9H2,1-3H3,(H,34,35). The first-order chi connectivity index (χ1) is 17.3. The van der Waals surface area contributed by atoms with Gasteiger partial charge in [-0.05, 0) is 69.7 Å². The van der Waals surface area contributed by atoms with E-state index >= 15 is 0 Å². The Bertz CT molecular complexity index is 1360. The second-order valence-electron chi connectivity index (χ2n) is 9.77. The minimum Gasteiger partial charge on any atom is -0.477 e. The van der Waals surface area contributed by atoms with Crippen LogP contribution >= 0.6 is 0 Å². The Balaban J connectivity index is 1.46. The van der Waals surface area contributed by atoms with E-state index in [-0.39, 0.29) is 29.2 Å². The van der Waals surface area contributed by atoms with Crippen LogP contribution in [0.4, 0.5) is 5.82 Å². The molecule has 0 aromatic carbocycles. The van der Waals surface area contributed by atoms with Crippen LogP contribution in [0.3, 0.4) is 0 Å². The molecule has 1 aliphatic carbocycles. The number of aromatic nitrogens is 4. The van der Waals surface area contributed by atoms with Crippen LogP contribution in [0, 0.1) is 11.8 Å². The van der Waals surface area contributed by atoms with Gasteiger partial charge in [0.25, 0.3) is 0 Å². The molecule has 9 heteroatoms. The molecule has 4 heterocycles. The highest BCUT2D eigenvalue weighted by atomic mass is 16.4. The molecule has 4 aromatic heterocycles. The molecule has 0 unspecified atom stereocenters. The molecule has 4 aromatic rings. The fourth-order valence-corrected chi connectivity index (χ4v) is 4.80. The number of hydrogen-bond acceptors (Lipinski definition) is 6. The number of anilines is 1. The number of hydrogen-bond donors (Lipinski definition) is 1. The number of nitrogens with zero attached hydrogens (tertiary/aromatic N) is 5. The Hall–Kier alpha value is -4.01. The van der Waals surface area contributed by atoms with Gasteiger partial charge in [0.2, 0.25) is 5.91 Å². The topological polar surface area (TPSA) is 114 Å². The molecular weight excluding hydrogens is 458 g/mol. The number of pyridine rings is 2. The summed E-state index contributed by atoms with van der Waals surface area (Å²) in [7, 11) is 0. The Morgan fingerprint density at radius 1 is 1.14 bits per heavy atom. The van der Waals surface area contributed by atoms with Gasteiger partial charge in [-0.1, -0.05) is 6.92 Å². The summed E-state index contributed by atoms with van der Waals surface area (Å²) in [5.41, 5.74) is 2.59. The summed E-state index contributed by atoms with van der Waals surface area (Å²) in [5.74, 6) is 0.0498. The third kappa shape index (κ3) is 4.48. The molecule has 9 nitrogen and oxygen atoms in total. The van der Waals surface area contributed by atoms with Gasteiger partial charge < -0.3 is 9.52 Å². The number of amides is 1. The van der Waals surface area contributed by atoms with Crippen molar-refractivity contribution in [2.75, 3.05) is 4.90 Å². The second kappa shape index (κ2) is 9.56. The SMILES string of the molecule is CC1CCC(C(=O)N(c2nn(-c3ccc(-c4cc5ncccc5o4)nc3)cc2C(=O)O)C(C)C)CC1. The molecule has 1 saturated carbocycles. The highest BCUT2D eigenvalue weighted by molar-refractivity contribution is 6.01. The minimum atomic E-state index is -1.13. The van der Waals surface area contributed by atoms with Gasteiger partial charge >= 0.3 is 5.97 Å².